The van der Waals surface area contributed by atoms with Crippen LogP contribution in [0.2, 0.25) is 0 Å². The zero-order valence-corrected chi connectivity index (χ0v) is 13.7. The summed E-state index contributed by atoms with van der Waals surface area (Å²) in [6.45, 7) is 1.99. The second kappa shape index (κ2) is 6.50. The van der Waals surface area contributed by atoms with Gasteiger partial charge in [0.2, 0.25) is 11.8 Å². The van der Waals surface area contributed by atoms with Crippen LogP contribution in [0.15, 0.2) is 21.9 Å². The van der Waals surface area contributed by atoms with E-state index in [1.54, 1.807) is 0 Å². The number of hydrogen-bond donors (Lipinski definition) is 0. The van der Waals surface area contributed by atoms with E-state index in [2.05, 4.69) is 32.6 Å². The van der Waals surface area contributed by atoms with Crippen LogP contribution >= 0.6 is 11.3 Å². The number of nitrogens with zero attached hydrogens (tertiary/aromatic N) is 3. The summed E-state index contributed by atoms with van der Waals surface area (Å²) in [4.78, 5) is 4.06. The number of hydrogen-bond acceptors (Lipinski definition) is 5. The molecule has 22 heavy (non-hydrogen) atoms. The Morgan fingerprint density at radius 1 is 1.23 bits per heavy atom. The zero-order chi connectivity index (χ0) is 14.8. The smallest absolute Gasteiger partial charge is 0.230 e. The third-order valence-corrected chi connectivity index (χ3v) is 5.74. The highest BCUT2D eigenvalue weighted by Gasteiger charge is 2.30. The molecule has 1 saturated carbocycles. The first-order chi connectivity index (χ1) is 10.9. The number of likely N-dealkylation sites (tertiary alicyclic amines) is 1. The highest BCUT2D eigenvalue weighted by Crippen LogP contribution is 2.39. The summed E-state index contributed by atoms with van der Waals surface area (Å²) in [5.74, 6) is 2.23. The van der Waals surface area contributed by atoms with Crippen molar-refractivity contribution in [2.45, 2.75) is 63.5 Å². The second-order valence-electron chi connectivity index (χ2n) is 6.55. The van der Waals surface area contributed by atoms with Crippen molar-refractivity contribution in [1.82, 2.24) is 15.1 Å². The van der Waals surface area contributed by atoms with Gasteiger partial charge in [-0.05, 0) is 56.5 Å². The normalized spacial score (nSPS) is 23.0. The lowest BCUT2D eigenvalue weighted by molar-refractivity contribution is 0.120. The average Bonchev–Trinajstić information content (AvgIpc) is 3.07. The van der Waals surface area contributed by atoms with E-state index < -0.39 is 0 Å². The van der Waals surface area contributed by atoms with Gasteiger partial charge >= 0.3 is 0 Å². The third kappa shape index (κ3) is 3.41. The van der Waals surface area contributed by atoms with Crippen LogP contribution in [-0.2, 0) is 13.0 Å². The van der Waals surface area contributed by atoms with E-state index >= 15 is 0 Å². The Kier molecular flexibility index (Phi) is 4.26. The van der Waals surface area contributed by atoms with E-state index in [-0.39, 0.29) is 0 Å². The van der Waals surface area contributed by atoms with Crippen molar-refractivity contribution >= 4 is 11.3 Å². The molecule has 0 spiro atoms. The second-order valence-corrected chi connectivity index (χ2v) is 7.58. The Bertz CT molecular complexity index is 591. The summed E-state index contributed by atoms with van der Waals surface area (Å²) in [5.41, 5.74) is 0. The largest absolute Gasteiger partial charge is 0.424 e. The molecule has 2 aromatic rings. The first-order valence-corrected chi connectivity index (χ1v) is 9.35. The van der Waals surface area contributed by atoms with E-state index in [1.807, 2.05) is 11.3 Å². The molecule has 1 saturated heterocycles. The molecular weight excluding hydrogens is 294 g/mol. The Hall–Kier alpha value is -1.20. The summed E-state index contributed by atoms with van der Waals surface area (Å²) >= 11 is 1.87. The van der Waals surface area contributed by atoms with Gasteiger partial charge in [-0.15, -0.1) is 21.5 Å². The lowest BCUT2D eigenvalue weighted by Gasteiger charge is -2.34. The van der Waals surface area contributed by atoms with E-state index in [1.165, 1.54) is 49.8 Å². The molecule has 0 amide bonds. The molecule has 0 radical (unpaired) electrons. The van der Waals surface area contributed by atoms with Gasteiger partial charge in [0.25, 0.3) is 0 Å². The molecule has 1 unspecified atom stereocenters. The standard InChI is InChI=1S/C17H23N3OS/c1-2-10-20(12-16-18-19-17(21-16)13-6-7-13)14(4-1)8-9-15-5-3-11-22-15/h3,5,11,13-14H,1-2,4,6-10,12H2. The van der Waals surface area contributed by atoms with E-state index in [4.69, 9.17) is 4.42 Å². The minimum Gasteiger partial charge on any atom is -0.424 e. The predicted octanol–water partition coefficient (Wildman–Crippen LogP) is 4.00. The highest BCUT2D eigenvalue weighted by molar-refractivity contribution is 7.09. The number of piperidine rings is 1. The van der Waals surface area contributed by atoms with Gasteiger partial charge in [0.1, 0.15) is 0 Å². The Morgan fingerprint density at radius 3 is 3.00 bits per heavy atom. The van der Waals surface area contributed by atoms with Gasteiger partial charge in [0.15, 0.2) is 0 Å². The molecule has 0 aromatic carbocycles. The summed E-state index contributed by atoms with van der Waals surface area (Å²) in [7, 11) is 0. The number of aryl methyl sites for hydroxylation is 1. The molecule has 5 heteroatoms. The third-order valence-electron chi connectivity index (χ3n) is 4.80. The summed E-state index contributed by atoms with van der Waals surface area (Å²) in [5, 5.41) is 10.6. The van der Waals surface area contributed by atoms with Crippen LogP contribution in [0.25, 0.3) is 0 Å². The molecule has 0 bridgehead atoms. The molecule has 2 aliphatic rings. The van der Waals surface area contributed by atoms with Crippen molar-refractivity contribution in [3.05, 3.63) is 34.2 Å². The van der Waals surface area contributed by atoms with Gasteiger partial charge in [-0.2, -0.15) is 0 Å². The number of thiophene rings is 1. The van der Waals surface area contributed by atoms with Crippen molar-refractivity contribution in [1.29, 1.82) is 0 Å². The first-order valence-electron chi connectivity index (χ1n) is 8.47. The molecule has 2 aromatic heterocycles. The van der Waals surface area contributed by atoms with Crippen molar-refractivity contribution in [3.63, 3.8) is 0 Å². The van der Waals surface area contributed by atoms with Crippen LogP contribution in [0.4, 0.5) is 0 Å². The average molecular weight is 317 g/mol. The Balaban J connectivity index is 1.36. The maximum Gasteiger partial charge on any atom is 0.230 e. The van der Waals surface area contributed by atoms with E-state index in [0.717, 1.165) is 24.9 Å². The van der Waals surface area contributed by atoms with Crippen molar-refractivity contribution in [2.75, 3.05) is 6.54 Å². The molecule has 2 fully saturated rings. The van der Waals surface area contributed by atoms with Crippen LogP contribution in [0.1, 0.15) is 61.1 Å². The minimum absolute atomic E-state index is 0.553. The zero-order valence-electron chi connectivity index (χ0n) is 12.9. The summed E-state index contributed by atoms with van der Waals surface area (Å²) in [6, 6.07) is 5.06. The molecule has 3 heterocycles. The predicted molar refractivity (Wildman–Crippen MR) is 87.0 cm³/mol. The molecular formula is C17H23N3OS. The topological polar surface area (TPSA) is 42.2 Å². The summed E-state index contributed by atoms with van der Waals surface area (Å²) in [6.07, 6.45) is 8.81. The van der Waals surface area contributed by atoms with Crippen LogP contribution in [0, 0.1) is 0 Å². The quantitative estimate of drug-likeness (QED) is 0.807. The van der Waals surface area contributed by atoms with Gasteiger partial charge in [-0.25, -0.2) is 0 Å². The van der Waals surface area contributed by atoms with E-state index in [9.17, 15) is 0 Å². The highest BCUT2D eigenvalue weighted by atomic mass is 32.1. The van der Waals surface area contributed by atoms with Crippen LogP contribution in [-0.4, -0.2) is 27.7 Å². The molecule has 4 rings (SSSR count). The maximum atomic E-state index is 5.85. The molecule has 1 aliphatic carbocycles. The fraction of sp³-hybridized carbons (Fsp3) is 0.647. The lowest BCUT2D eigenvalue weighted by Crippen LogP contribution is -2.39. The summed E-state index contributed by atoms with van der Waals surface area (Å²) < 4.78 is 5.85. The van der Waals surface area contributed by atoms with Crippen molar-refractivity contribution < 1.29 is 4.42 Å². The minimum atomic E-state index is 0.553. The number of aromatic nitrogens is 2. The fourth-order valence-electron chi connectivity index (χ4n) is 3.36. The van der Waals surface area contributed by atoms with Gasteiger partial charge in [0, 0.05) is 16.8 Å². The Morgan fingerprint density at radius 2 is 2.18 bits per heavy atom. The van der Waals surface area contributed by atoms with Gasteiger partial charge in [-0.1, -0.05) is 12.5 Å². The number of rotatable bonds is 6. The van der Waals surface area contributed by atoms with Crippen molar-refractivity contribution in [3.8, 4) is 0 Å². The van der Waals surface area contributed by atoms with E-state index in [0.29, 0.717) is 12.0 Å². The van der Waals surface area contributed by atoms with Gasteiger partial charge in [0.05, 0.1) is 6.54 Å². The Labute approximate surface area is 135 Å². The SMILES string of the molecule is c1csc(CCC2CCCCN2Cc2nnc(C3CC3)o2)c1. The first kappa shape index (κ1) is 14.4. The monoisotopic (exact) mass is 317 g/mol. The van der Waals surface area contributed by atoms with Gasteiger partial charge < -0.3 is 4.42 Å². The van der Waals surface area contributed by atoms with Gasteiger partial charge in [-0.3, -0.25) is 4.90 Å². The molecule has 118 valence electrons. The van der Waals surface area contributed by atoms with Crippen LogP contribution < -0.4 is 0 Å². The maximum absolute atomic E-state index is 5.85. The molecule has 4 nitrogen and oxygen atoms in total. The van der Waals surface area contributed by atoms with Crippen molar-refractivity contribution in [2.24, 2.45) is 0 Å². The van der Waals surface area contributed by atoms with Crippen LogP contribution in [0.3, 0.4) is 0 Å². The lowest BCUT2D eigenvalue weighted by atomic mass is 9.97. The van der Waals surface area contributed by atoms with Crippen LogP contribution in [0.5, 0.6) is 0 Å². The molecule has 1 aliphatic heterocycles. The fourth-order valence-corrected chi connectivity index (χ4v) is 4.08. The molecule has 1 atom stereocenters. The molecule has 0 N–H and O–H groups in total.